The Balaban J connectivity index is 1.59. The number of sulfonamides is 1. The minimum Gasteiger partial charge on any atom is -0.495 e. The Morgan fingerprint density at radius 3 is 2.32 bits per heavy atom. The van der Waals surface area contributed by atoms with Gasteiger partial charge in [0.05, 0.1) is 12.8 Å². The van der Waals surface area contributed by atoms with Gasteiger partial charge in [-0.2, -0.15) is 0 Å². The van der Waals surface area contributed by atoms with Gasteiger partial charge in [0.15, 0.2) is 0 Å². The Kier molecular flexibility index (Phi) is 8.29. The molecule has 0 aliphatic carbocycles. The molecule has 9 heteroatoms. The first-order valence-electron chi connectivity index (χ1n) is 12.3. The molecule has 1 aliphatic rings. The lowest BCUT2D eigenvalue weighted by Crippen LogP contribution is -2.52. The van der Waals surface area contributed by atoms with Gasteiger partial charge in [-0.05, 0) is 66.9 Å². The number of benzene rings is 3. The Hall–Kier alpha value is -3.23. The molecule has 37 heavy (non-hydrogen) atoms. The second-order valence-electron chi connectivity index (χ2n) is 9.03. The fourth-order valence-electron chi connectivity index (χ4n) is 4.43. The minimum absolute atomic E-state index is 0.0353. The number of ether oxygens (including phenoxy) is 1. The van der Waals surface area contributed by atoms with Gasteiger partial charge in [0.1, 0.15) is 17.2 Å². The monoisotopic (exact) mass is 541 g/mol. The molecule has 0 bridgehead atoms. The largest absolute Gasteiger partial charge is 0.495 e. The molecular weight excluding hydrogens is 510 g/mol. The van der Waals surface area contributed by atoms with Crippen molar-refractivity contribution in [2.75, 3.05) is 49.0 Å². The van der Waals surface area contributed by atoms with Crippen molar-refractivity contribution in [3.05, 3.63) is 82.9 Å². The molecule has 1 aliphatic heterocycles. The van der Waals surface area contributed by atoms with Crippen LogP contribution in [0.4, 0.5) is 11.4 Å². The lowest BCUT2D eigenvalue weighted by atomic mass is 10.1. The van der Waals surface area contributed by atoms with E-state index in [4.69, 9.17) is 16.3 Å². The standard InChI is InChI=1S/C28H32ClN3O4S/c1-4-22-9-11-24(12-10-22)32(37(34,35)27-18-21(2)8-13-26(27)36-3)20-28(33)31-16-14-30(15-17-31)25-7-5-6-23(29)19-25/h5-13,18-19H,4,14-17,20H2,1-3H3. The number of aryl methyl sites for hydroxylation is 2. The summed E-state index contributed by atoms with van der Waals surface area (Å²) in [4.78, 5) is 17.4. The Labute approximate surface area is 224 Å². The van der Waals surface area contributed by atoms with Crippen molar-refractivity contribution >= 4 is 38.9 Å². The molecule has 1 amide bonds. The van der Waals surface area contributed by atoms with Crippen LogP contribution in [-0.2, 0) is 21.2 Å². The Morgan fingerprint density at radius 2 is 1.70 bits per heavy atom. The van der Waals surface area contributed by atoms with Gasteiger partial charge < -0.3 is 14.5 Å². The van der Waals surface area contributed by atoms with Crippen LogP contribution in [0.25, 0.3) is 0 Å². The number of methoxy groups -OCH3 is 1. The number of halogens is 1. The van der Waals surface area contributed by atoms with Gasteiger partial charge in [0.25, 0.3) is 10.0 Å². The summed E-state index contributed by atoms with van der Waals surface area (Å²) in [6, 6.07) is 19.9. The van der Waals surface area contributed by atoms with Gasteiger partial charge in [-0.3, -0.25) is 9.10 Å². The summed E-state index contributed by atoms with van der Waals surface area (Å²) in [6.07, 6.45) is 0.828. The van der Waals surface area contributed by atoms with Crippen molar-refractivity contribution in [1.29, 1.82) is 0 Å². The highest BCUT2D eigenvalue weighted by Gasteiger charge is 2.32. The van der Waals surface area contributed by atoms with E-state index in [1.54, 1.807) is 35.2 Å². The minimum atomic E-state index is -4.10. The van der Waals surface area contributed by atoms with E-state index in [1.807, 2.05) is 50.2 Å². The van der Waals surface area contributed by atoms with Crippen LogP contribution < -0.4 is 13.9 Å². The molecule has 0 unspecified atom stereocenters. The van der Waals surface area contributed by atoms with Crippen LogP contribution in [0.1, 0.15) is 18.1 Å². The molecule has 3 aromatic rings. The molecule has 0 aromatic heterocycles. The van der Waals surface area contributed by atoms with E-state index in [1.165, 1.54) is 11.4 Å². The number of hydrogen-bond acceptors (Lipinski definition) is 5. The van der Waals surface area contributed by atoms with E-state index in [0.29, 0.717) is 36.9 Å². The third-order valence-electron chi connectivity index (χ3n) is 6.60. The van der Waals surface area contributed by atoms with E-state index >= 15 is 0 Å². The molecule has 0 N–H and O–H groups in total. The van der Waals surface area contributed by atoms with Crippen LogP contribution in [0.15, 0.2) is 71.6 Å². The number of nitrogens with zero attached hydrogens (tertiary/aromatic N) is 3. The average Bonchev–Trinajstić information content (AvgIpc) is 2.91. The number of anilines is 2. The van der Waals surface area contributed by atoms with Gasteiger partial charge >= 0.3 is 0 Å². The zero-order valence-corrected chi connectivity index (χ0v) is 22.9. The van der Waals surface area contributed by atoms with Crippen LogP contribution in [-0.4, -0.2) is 59.1 Å². The summed E-state index contributed by atoms with van der Waals surface area (Å²) >= 11 is 6.14. The maximum absolute atomic E-state index is 14.0. The van der Waals surface area contributed by atoms with E-state index < -0.39 is 10.0 Å². The number of piperazine rings is 1. The SMILES string of the molecule is CCc1ccc(N(CC(=O)N2CCN(c3cccc(Cl)c3)CC2)S(=O)(=O)c2cc(C)ccc2OC)cc1. The second kappa shape index (κ2) is 11.4. The van der Waals surface area contributed by atoms with Crippen molar-refractivity contribution in [3.63, 3.8) is 0 Å². The van der Waals surface area contributed by atoms with Crippen molar-refractivity contribution < 1.29 is 17.9 Å². The number of amides is 1. The van der Waals surface area contributed by atoms with Crippen LogP contribution in [0.2, 0.25) is 5.02 Å². The molecule has 7 nitrogen and oxygen atoms in total. The normalized spacial score (nSPS) is 13.9. The van der Waals surface area contributed by atoms with Crippen LogP contribution >= 0.6 is 11.6 Å². The number of hydrogen-bond donors (Lipinski definition) is 0. The number of carbonyl (C=O) groups is 1. The van der Waals surface area contributed by atoms with Gasteiger partial charge in [0.2, 0.25) is 5.91 Å². The van der Waals surface area contributed by atoms with Crippen molar-refractivity contribution in [2.45, 2.75) is 25.2 Å². The van der Waals surface area contributed by atoms with Crippen molar-refractivity contribution in [2.24, 2.45) is 0 Å². The van der Waals surface area contributed by atoms with E-state index in [9.17, 15) is 13.2 Å². The first kappa shape index (κ1) is 26.8. The fourth-order valence-corrected chi connectivity index (χ4v) is 6.27. The van der Waals surface area contributed by atoms with Crippen LogP contribution in [0.5, 0.6) is 5.75 Å². The van der Waals surface area contributed by atoms with E-state index in [-0.39, 0.29) is 23.1 Å². The van der Waals surface area contributed by atoms with Crippen LogP contribution in [0, 0.1) is 6.92 Å². The molecule has 4 rings (SSSR count). The molecule has 1 fully saturated rings. The number of carbonyl (C=O) groups excluding carboxylic acids is 1. The Morgan fingerprint density at radius 1 is 1.00 bits per heavy atom. The molecular formula is C28H32ClN3O4S. The first-order valence-corrected chi connectivity index (χ1v) is 14.1. The maximum Gasteiger partial charge on any atom is 0.268 e. The van der Waals surface area contributed by atoms with E-state index in [0.717, 1.165) is 23.2 Å². The third-order valence-corrected chi connectivity index (χ3v) is 8.63. The van der Waals surface area contributed by atoms with Gasteiger partial charge in [-0.1, -0.05) is 42.8 Å². The van der Waals surface area contributed by atoms with Crippen molar-refractivity contribution in [1.82, 2.24) is 4.90 Å². The number of rotatable bonds is 8. The summed E-state index contributed by atoms with van der Waals surface area (Å²) in [6.45, 7) is 5.80. The lowest BCUT2D eigenvalue weighted by Gasteiger charge is -2.37. The molecule has 196 valence electrons. The molecule has 0 saturated carbocycles. The first-order chi connectivity index (χ1) is 17.7. The predicted molar refractivity (Wildman–Crippen MR) is 148 cm³/mol. The molecule has 0 radical (unpaired) electrons. The smallest absolute Gasteiger partial charge is 0.268 e. The summed E-state index contributed by atoms with van der Waals surface area (Å²) < 4.78 is 34.5. The van der Waals surface area contributed by atoms with Gasteiger partial charge in [0, 0.05) is 36.9 Å². The summed E-state index contributed by atoms with van der Waals surface area (Å²) in [5.41, 5.74) is 3.31. The van der Waals surface area contributed by atoms with Crippen LogP contribution in [0.3, 0.4) is 0 Å². The fraction of sp³-hybridized carbons (Fsp3) is 0.321. The molecule has 0 atom stereocenters. The van der Waals surface area contributed by atoms with E-state index in [2.05, 4.69) is 4.90 Å². The van der Waals surface area contributed by atoms with Gasteiger partial charge in [-0.15, -0.1) is 0 Å². The third kappa shape index (κ3) is 6.02. The Bertz CT molecular complexity index is 1350. The van der Waals surface area contributed by atoms with Gasteiger partial charge in [-0.25, -0.2) is 8.42 Å². The molecule has 1 saturated heterocycles. The highest BCUT2D eigenvalue weighted by molar-refractivity contribution is 7.93. The summed E-state index contributed by atoms with van der Waals surface area (Å²) in [5.74, 6) is -0.0103. The summed E-state index contributed by atoms with van der Waals surface area (Å²) in [5, 5.41) is 0.664. The highest BCUT2D eigenvalue weighted by atomic mass is 35.5. The summed E-state index contributed by atoms with van der Waals surface area (Å²) in [7, 11) is -2.66. The zero-order chi connectivity index (χ0) is 26.6. The van der Waals surface area contributed by atoms with Crippen molar-refractivity contribution in [3.8, 4) is 5.75 Å². The zero-order valence-electron chi connectivity index (χ0n) is 21.4. The topological polar surface area (TPSA) is 70.2 Å². The molecule has 3 aromatic carbocycles. The molecule has 0 spiro atoms. The maximum atomic E-state index is 14.0. The quantitative estimate of drug-likeness (QED) is 0.411. The highest BCUT2D eigenvalue weighted by Crippen LogP contribution is 2.31. The molecule has 1 heterocycles. The second-order valence-corrected chi connectivity index (χ2v) is 11.3. The average molecular weight is 542 g/mol. The lowest BCUT2D eigenvalue weighted by molar-refractivity contribution is -0.129. The predicted octanol–water partition coefficient (Wildman–Crippen LogP) is 4.76.